The minimum atomic E-state index is 0.861. The summed E-state index contributed by atoms with van der Waals surface area (Å²) >= 11 is 1.78. The van der Waals surface area contributed by atoms with Crippen LogP contribution < -0.4 is 5.32 Å². The lowest BCUT2D eigenvalue weighted by Gasteiger charge is -2.29. The summed E-state index contributed by atoms with van der Waals surface area (Å²) in [6.45, 7) is 9.86. The van der Waals surface area contributed by atoms with Crippen molar-refractivity contribution in [1.82, 2.24) is 14.9 Å². The fraction of sp³-hybridized carbons (Fsp3) is 0.625. The van der Waals surface area contributed by atoms with Crippen LogP contribution in [-0.4, -0.2) is 35.0 Å². The van der Waals surface area contributed by atoms with Crippen LogP contribution in [-0.2, 0) is 6.54 Å². The van der Waals surface area contributed by atoms with Crippen molar-refractivity contribution in [2.45, 2.75) is 40.2 Å². The Morgan fingerprint density at radius 3 is 2.62 bits per heavy atom. The van der Waals surface area contributed by atoms with Gasteiger partial charge < -0.3 is 5.32 Å². The number of nitrogens with zero attached hydrogens (tertiary/aromatic N) is 3. The third kappa shape index (κ3) is 2.90. The van der Waals surface area contributed by atoms with E-state index < -0.39 is 0 Å². The highest BCUT2D eigenvalue weighted by molar-refractivity contribution is 7.18. The smallest absolute Gasteiger partial charge is 0.146 e. The van der Waals surface area contributed by atoms with Crippen LogP contribution in [0.3, 0.4) is 0 Å². The van der Waals surface area contributed by atoms with Gasteiger partial charge in [-0.2, -0.15) is 0 Å². The Morgan fingerprint density at radius 2 is 1.95 bits per heavy atom. The number of fused-ring (bicyclic) bond motifs is 1. The molecule has 1 saturated heterocycles. The number of hydrogen-bond donors (Lipinski definition) is 1. The zero-order valence-corrected chi connectivity index (χ0v) is 14.2. The highest BCUT2D eigenvalue weighted by Crippen LogP contribution is 2.33. The van der Waals surface area contributed by atoms with Crippen LogP contribution in [0.15, 0.2) is 0 Å². The van der Waals surface area contributed by atoms with Gasteiger partial charge in [0.2, 0.25) is 0 Å². The van der Waals surface area contributed by atoms with Crippen LogP contribution in [0.4, 0.5) is 5.82 Å². The maximum absolute atomic E-state index is 4.80. The average Bonchev–Trinajstić information content (AvgIpc) is 2.76. The summed E-state index contributed by atoms with van der Waals surface area (Å²) < 4.78 is 0. The summed E-state index contributed by atoms with van der Waals surface area (Å²) in [6, 6.07) is 0. The molecule has 2 aromatic heterocycles. The van der Waals surface area contributed by atoms with E-state index in [-0.39, 0.29) is 0 Å². The van der Waals surface area contributed by atoms with Gasteiger partial charge in [-0.05, 0) is 51.3 Å². The van der Waals surface area contributed by atoms with Crippen LogP contribution in [0, 0.1) is 19.8 Å². The molecule has 0 saturated carbocycles. The van der Waals surface area contributed by atoms with Gasteiger partial charge in [-0.3, -0.25) is 4.90 Å². The molecule has 1 fully saturated rings. The van der Waals surface area contributed by atoms with E-state index in [4.69, 9.17) is 9.97 Å². The number of aromatic nitrogens is 2. The largest absolute Gasteiger partial charge is 0.372 e. The summed E-state index contributed by atoms with van der Waals surface area (Å²) in [5.41, 5.74) is 1.30. The van der Waals surface area contributed by atoms with Gasteiger partial charge >= 0.3 is 0 Å². The van der Waals surface area contributed by atoms with Crippen molar-refractivity contribution in [3.63, 3.8) is 0 Å². The Bertz CT molecular complexity index is 641. The van der Waals surface area contributed by atoms with Gasteiger partial charge in [-0.15, -0.1) is 11.3 Å². The summed E-state index contributed by atoms with van der Waals surface area (Å²) in [7, 11) is 1.95. The third-order valence-electron chi connectivity index (χ3n) is 4.55. The van der Waals surface area contributed by atoms with E-state index >= 15 is 0 Å². The zero-order valence-electron chi connectivity index (χ0n) is 13.4. The lowest BCUT2D eigenvalue weighted by Crippen LogP contribution is -2.33. The summed E-state index contributed by atoms with van der Waals surface area (Å²) in [6.07, 6.45) is 2.58. The molecule has 0 bridgehead atoms. The van der Waals surface area contributed by atoms with E-state index in [0.29, 0.717) is 0 Å². The lowest BCUT2D eigenvalue weighted by molar-refractivity contribution is 0.181. The molecule has 0 aromatic carbocycles. The molecule has 0 atom stereocenters. The Balaban J connectivity index is 1.89. The summed E-state index contributed by atoms with van der Waals surface area (Å²) in [4.78, 5) is 14.5. The van der Waals surface area contributed by atoms with Crippen LogP contribution in [0.1, 0.15) is 36.0 Å². The Morgan fingerprint density at radius 1 is 1.24 bits per heavy atom. The molecule has 114 valence electrons. The Kier molecular flexibility index (Phi) is 4.13. The van der Waals surface area contributed by atoms with E-state index in [9.17, 15) is 0 Å². The minimum Gasteiger partial charge on any atom is -0.372 e. The average molecular weight is 304 g/mol. The number of nitrogens with one attached hydrogen (secondary N) is 1. The molecule has 1 aliphatic rings. The molecular weight excluding hydrogens is 280 g/mol. The molecule has 0 amide bonds. The zero-order chi connectivity index (χ0) is 15.0. The third-order valence-corrected chi connectivity index (χ3v) is 5.65. The molecule has 1 aliphatic heterocycles. The second-order valence-corrected chi connectivity index (χ2v) is 7.36. The number of hydrogen-bond acceptors (Lipinski definition) is 5. The van der Waals surface area contributed by atoms with Crippen molar-refractivity contribution in [2.75, 3.05) is 25.5 Å². The molecular formula is C16H24N4S. The van der Waals surface area contributed by atoms with E-state index in [0.717, 1.165) is 28.9 Å². The SMILES string of the molecule is CNc1nc(CN2CCC(C)CC2)nc2sc(C)c(C)c12. The Hall–Kier alpha value is -1.20. The molecule has 0 unspecified atom stereocenters. The maximum atomic E-state index is 4.80. The predicted octanol–water partition coefficient (Wildman–Crippen LogP) is 3.58. The van der Waals surface area contributed by atoms with Gasteiger partial charge in [0, 0.05) is 11.9 Å². The van der Waals surface area contributed by atoms with E-state index in [1.807, 2.05) is 7.05 Å². The standard InChI is InChI=1S/C16H24N4S/c1-10-5-7-20(8-6-10)9-13-18-15(17-4)14-11(2)12(3)21-16(14)19-13/h10H,5-9H2,1-4H3,(H,17,18,19). The molecule has 0 aliphatic carbocycles. The van der Waals surface area contributed by atoms with Gasteiger partial charge in [0.25, 0.3) is 0 Å². The van der Waals surface area contributed by atoms with E-state index in [1.54, 1.807) is 11.3 Å². The summed E-state index contributed by atoms with van der Waals surface area (Å²) in [5.74, 6) is 2.78. The summed E-state index contributed by atoms with van der Waals surface area (Å²) in [5, 5.41) is 4.44. The number of rotatable bonds is 3. The van der Waals surface area contributed by atoms with Gasteiger partial charge in [0.15, 0.2) is 0 Å². The van der Waals surface area contributed by atoms with E-state index in [2.05, 4.69) is 31.0 Å². The van der Waals surface area contributed by atoms with Crippen molar-refractivity contribution >= 4 is 27.4 Å². The number of likely N-dealkylation sites (tertiary alicyclic amines) is 1. The number of thiophene rings is 1. The first kappa shape index (κ1) is 14.7. The van der Waals surface area contributed by atoms with Crippen molar-refractivity contribution in [1.29, 1.82) is 0 Å². The van der Waals surface area contributed by atoms with Gasteiger partial charge in [0.1, 0.15) is 16.5 Å². The topological polar surface area (TPSA) is 41.1 Å². The molecule has 4 nitrogen and oxygen atoms in total. The highest BCUT2D eigenvalue weighted by atomic mass is 32.1. The molecule has 0 radical (unpaired) electrons. The first-order chi connectivity index (χ1) is 10.1. The maximum Gasteiger partial charge on any atom is 0.146 e. The molecule has 21 heavy (non-hydrogen) atoms. The quantitative estimate of drug-likeness (QED) is 0.941. The highest BCUT2D eigenvalue weighted by Gasteiger charge is 2.19. The minimum absolute atomic E-state index is 0.861. The lowest BCUT2D eigenvalue weighted by atomic mass is 9.99. The van der Waals surface area contributed by atoms with Crippen LogP contribution >= 0.6 is 11.3 Å². The first-order valence-electron chi connectivity index (χ1n) is 7.75. The van der Waals surface area contributed by atoms with Crippen molar-refractivity contribution < 1.29 is 0 Å². The van der Waals surface area contributed by atoms with Crippen LogP contribution in [0.2, 0.25) is 0 Å². The van der Waals surface area contributed by atoms with Gasteiger partial charge in [-0.1, -0.05) is 6.92 Å². The molecule has 3 rings (SSSR count). The van der Waals surface area contributed by atoms with Crippen LogP contribution in [0.25, 0.3) is 10.2 Å². The Labute approximate surface area is 130 Å². The molecule has 2 aromatic rings. The van der Waals surface area contributed by atoms with E-state index in [1.165, 1.54) is 41.8 Å². The van der Waals surface area contributed by atoms with Crippen molar-refractivity contribution in [2.24, 2.45) is 5.92 Å². The monoisotopic (exact) mass is 304 g/mol. The van der Waals surface area contributed by atoms with Gasteiger partial charge in [-0.25, -0.2) is 9.97 Å². The number of piperidine rings is 1. The molecule has 5 heteroatoms. The fourth-order valence-electron chi connectivity index (χ4n) is 2.97. The van der Waals surface area contributed by atoms with Crippen molar-refractivity contribution in [3.8, 4) is 0 Å². The van der Waals surface area contributed by atoms with Crippen molar-refractivity contribution in [3.05, 3.63) is 16.3 Å². The normalized spacial score (nSPS) is 17.5. The van der Waals surface area contributed by atoms with Crippen LogP contribution in [0.5, 0.6) is 0 Å². The van der Waals surface area contributed by atoms with Gasteiger partial charge in [0.05, 0.1) is 11.9 Å². The number of aryl methyl sites for hydroxylation is 2. The molecule has 0 spiro atoms. The molecule has 3 heterocycles. The second kappa shape index (κ2) is 5.89. The first-order valence-corrected chi connectivity index (χ1v) is 8.57. The second-order valence-electron chi connectivity index (χ2n) is 6.16. The molecule has 1 N–H and O–H groups in total. The fourth-order valence-corrected chi connectivity index (χ4v) is 4.01. The predicted molar refractivity (Wildman–Crippen MR) is 90.1 cm³/mol. The number of anilines is 1.